The van der Waals surface area contributed by atoms with E-state index in [9.17, 15) is 22.8 Å². The van der Waals surface area contributed by atoms with Gasteiger partial charge in [-0.2, -0.15) is 0 Å². The molecule has 0 radical (unpaired) electrons. The summed E-state index contributed by atoms with van der Waals surface area (Å²) in [6, 6.07) is 1.75. The van der Waals surface area contributed by atoms with Gasteiger partial charge in [-0.15, -0.1) is 0 Å². The van der Waals surface area contributed by atoms with Gasteiger partial charge >= 0.3 is 0 Å². The summed E-state index contributed by atoms with van der Waals surface area (Å²) in [5.74, 6) is -5.17. The summed E-state index contributed by atoms with van der Waals surface area (Å²) in [5.41, 5.74) is -0.865. The molecule has 132 valence electrons. The number of benzene rings is 1. The third-order valence-electron chi connectivity index (χ3n) is 4.09. The molecule has 0 atom stereocenters. The van der Waals surface area contributed by atoms with Crippen LogP contribution in [0.15, 0.2) is 12.1 Å². The van der Waals surface area contributed by atoms with E-state index in [1.54, 1.807) is 4.90 Å². The summed E-state index contributed by atoms with van der Waals surface area (Å²) in [5, 5.41) is 2.30. The van der Waals surface area contributed by atoms with Gasteiger partial charge in [0.05, 0.1) is 5.69 Å². The summed E-state index contributed by atoms with van der Waals surface area (Å²) < 4.78 is 39.7. The highest BCUT2D eigenvalue weighted by molar-refractivity contribution is 5.93. The van der Waals surface area contributed by atoms with Crippen LogP contribution in [0.1, 0.15) is 33.6 Å². The fourth-order valence-corrected chi connectivity index (χ4v) is 2.68. The number of carbonyl (C=O) groups is 2. The summed E-state index contributed by atoms with van der Waals surface area (Å²) in [6.45, 7) is 6.38. The van der Waals surface area contributed by atoms with E-state index in [0.717, 1.165) is 12.1 Å². The molecule has 1 aromatic rings. The van der Waals surface area contributed by atoms with Crippen LogP contribution < -0.4 is 5.32 Å². The molecule has 0 bridgehead atoms. The van der Waals surface area contributed by atoms with Gasteiger partial charge in [-0.3, -0.25) is 9.59 Å². The van der Waals surface area contributed by atoms with Gasteiger partial charge in [0, 0.05) is 24.4 Å². The Labute approximate surface area is 139 Å². The van der Waals surface area contributed by atoms with Crippen LogP contribution in [-0.4, -0.2) is 29.8 Å². The van der Waals surface area contributed by atoms with Crippen LogP contribution in [0.4, 0.5) is 18.9 Å². The molecule has 4 nitrogen and oxygen atoms in total. The van der Waals surface area contributed by atoms with Gasteiger partial charge in [-0.1, -0.05) is 20.8 Å². The average molecular weight is 342 g/mol. The third-order valence-corrected chi connectivity index (χ3v) is 4.09. The summed E-state index contributed by atoms with van der Waals surface area (Å²) in [4.78, 5) is 26.1. The van der Waals surface area contributed by atoms with Crippen molar-refractivity contribution in [2.45, 2.75) is 33.6 Å². The first kappa shape index (κ1) is 18.3. The van der Waals surface area contributed by atoms with E-state index in [-0.39, 0.29) is 11.6 Å². The zero-order chi connectivity index (χ0) is 18.1. The molecule has 0 aliphatic carbocycles. The predicted molar refractivity (Wildman–Crippen MR) is 83.7 cm³/mol. The standard InChI is InChI=1S/C17H21F3N2O2/c1-17(2,3)16(24)22-8-6-10(7-9-22)15(23)21-12-5-4-11(18)13(19)14(12)20/h4-5,10H,6-9H2,1-3H3,(H,21,23). The van der Waals surface area contributed by atoms with Gasteiger partial charge < -0.3 is 10.2 Å². The largest absolute Gasteiger partial charge is 0.342 e. The molecular weight excluding hydrogens is 321 g/mol. The molecular formula is C17H21F3N2O2. The van der Waals surface area contributed by atoms with Crippen molar-refractivity contribution in [3.05, 3.63) is 29.6 Å². The topological polar surface area (TPSA) is 49.4 Å². The maximum atomic E-state index is 13.6. The molecule has 0 aromatic heterocycles. The number of rotatable bonds is 2. The molecule has 2 amide bonds. The Morgan fingerprint density at radius 2 is 1.67 bits per heavy atom. The minimum Gasteiger partial charge on any atom is -0.342 e. The van der Waals surface area contributed by atoms with Crippen molar-refractivity contribution in [3.8, 4) is 0 Å². The number of halogens is 3. The van der Waals surface area contributed by atoms with E-state index < -0.39 is 34.7 Å². The molecule has 1 aromatic carbocycles. The number of likely N-dealkylation sites (tertiary alicyclic amines) is 1. The second-order valence-corrected chi connectivity index (χ2v) is 7.03. The van der Waals surface area contributed by atoms with Crippen molar-refractivity contribution in [2.24, 2.45) is 11.3 Å². The predicted octanol–water partition coefficient (Wildman–Crippen LogP) is 3.33. The Morgan fingerprint density at radius 1 is 1.08 bits per heavy atom. The molecule has 1 heterocycles. The molecule has 0 unspecified atom stereocenters. The molecule has 1 fully saturated rings. The first-order valence-electron chi connectivity index (χ1n) is 7.85. The number of hydrogen-bond donors (Lipinski definition) is 1. The second kappa shape index (κ2) is 6.83. The zero-order valence-corrected chi connectivity index (χ0v) is 14.0. The first-order chi connectivity index (χ1) is 11.1. The molecule has 1 aliphatic heterocycles. The van der Waals surface area contributed by atoms with Crippen molar-refractivity contribution in [2.75, 3.05) is 18.4 Å². The number of nitrogens with zero attached hydrogens (tertiary/aromatic N) is 1. The Bertz CT molecular complexity index is 648. The van der Waals surface area contributed by atoms with Crippen LogP contribution in [-0.2, 0) is 9.59 Å². The van der Waals surface area contributed by atoms with E-state index in [0.29, 0.717) is 25.9 Å². The van der Waals surface area contributed by atoms with Crippen molar-refractivity contribution in [1.82, 2.24) is 4.90 Å². The minimum atomic E-state index is -1.61. The molecule has 1 aliphatic rings. The fourth-order valence-electron chi connectivity index (χ4n) is 2.68. The lowest BCUT2D eigenvalue weighted by Crippen LogP contribution is -2.45. The van der Waals surface area contributed by atoms with Crippen molar-refractivity contribution in [3.63, 3.8) is 0 Å². The van der Waals surface area contributed by atoms with E-state index >= 15 is 0 Å². The third kappa shape index (κ3) is 3.88. The van der Waals surface area contributed by atoms with Gasteiger partial charge in [0.1, 0.15) is 0 Å². The highest BCUT2D eigenvalue weighted by Gasteiger charge is 2.32. The van der Waals surface area contributed by atoms with Crippen molar-refractivity contribution in [1.29, 1.82) is 0 Å². The van der Waals surface area contributed by atoms with Crippen LogP contribution in [0.5, 0.6) is 0 Å². The number of anilines is 1. The Hall–Kier alpha value is -2.05. The Balaban J connectivity index is 1.97. The number of amides is 2. The molecule has 1 N–H and O–H groups in total. The van der Waals surface area contributed by atoms with Gasteiger partial charge in [0.25, 0.3) is 0 Å². The second-order valence-electron chi connectivity index (χ2n) is 7.03. The minimum absolute atomic E-state index is 0.0213. The van der Waals surface area contributed by atoms with Gasteiger partial charge in [-0.25, -0.2) is 13.2 Å². The van der Waals surface area contributed by atoms with Crippen LogP contribution in [0.25, 0.3) is 0 Å². The molecule has 0 saturated carbocycles. The number of nitrogens with one attached hydrogen (secondary N) is 1. The van der Waals surface area contributed by atoms with Gasteiger partial charge in [0.15, 0.2) is 17.5 Å². The average Bonchev–Trinajstić information content (AvgIpc) is 2.54. The highest BCUT2D eigenvalue weighted by Crippen LogP contribution is 2.25. The smallest absolute Gasteiger partial charge is 0.227 e. The number of piperidine rings is 1. The summed E-state index contributed by atoms with van der Waals surface area (Å²) in [7, 11) is 0. The summed E-state index contributed by atoms with van der Waals surface area (Å²) >= 11 is 0. The van der Waals surface area contributed by atoms with Gasteiger partial charge in [-0.05, 0) is 25.0 Å². The van der Waals surface area contributed by atoms with E-state index in [4.69, 9.17) is 0 Å². The maximum absolute atomic E-state index is 13.6. The molecule has 24 heavy (non-hydrogen) atoms. The lowest BCUT2D eigenvalue weighted by atomic mass is 9.90. The monoisotopic (exact) mass is 342 g/mol. The SMILES string of the molecule is CC(C)(C)C(=O)N1CCC(C(=O)Nc2ccc(F)c(F)c2F)CC1. The van der Waals surface area contributed by atoms with Crippen molar-refractivity contribution < 1.29 is 22.8 Å². The lowest BCUT2D eigenvalue weighted by molar-refractivity contribution is -0.142. The van der Waals surface area contributed by atoms with Crippen LogP contribution >= 0.6 is 0 Å². The van der Waals surface area contributed by atoms with E-state index in [1.807, 2.05) is 20.8 Å². The fraction of sp³-hybridized carbons (Fsp3) is 0.529. The molecule has 7 heteroatoms. The number of carbonyl (C=O) groups excluding carboxylic acids is 2. The summed E-state index contributed by atoms with van der Waals surface area (Å²) in [6.07, 6.45) is 0.887. The Morgan fingerprint density at radius 3 is 2.21 bits per heavy atom. The van der Waals surface area contributed by atoms with E-state index in [2.05, 4.69) is 5.32 Å². The van der Waals surface area contributed by atoms with Crippen molar-refractivity contribution >= 4 is 17.5 Å². The normalized spacial score (nSPS) is 16.2. The Kier molecular flexibility index (Phi) is 5.20. The van der Waals surface area contributed by atoms with Crippen LogP contribution in [0, 0.1) is 28.8 Å². The zero-order valence-electron chi connectivity index (χ0n) is 14.0. The van der Waals surface area contributed by atoms with Gasteiger partial charge in [0.2, 0.25) is 11.8 Å². The number of hydrogen-bond acceptors (Lipinski definition) is 2. The van der Waals surface area contributed by atoms with Crippen LogP contribution in [0.3, 0.4) is 0 Å². The highest BCUT2D eigenvalue weighted by atomic mass is 19.2. The maximum Gasteiger partial charge on any atom is 0.227 e. The quantitative estimate of drug-likeness (QED) is 0.838. The first-order valence-corrected chi connectivity index (χ1v) is 7.85. The molecule has 2 rings (SSSR count). The lowest BCUT2D eigenvalue weighted by Gasteiger charge is -2.35. The van der Waals surface area contributed by atoms with Crippen LogP contribution in [0.2, 0.25) is 0 Å². The molecule has 1 saturated heterocycles. The van der Waals surface area contributed by atoms with E-state index in [1.165, 1.54) is 0 Å². The molecule has 0 spiro atoms.